The number of ether oxygens (including phenoxy) is 3. The van der Waals surface area contributed by atoms with Gasteiger partial charge in [-0.25, -0.2) is 0 Å². The lowest BCUT2D eigenvalue weighted by atomic mass is 10.1. The third-order valence-electron chi connectivity index (χ3n) is 3.94. The van der Waals surface area contributed by atoms with Crippen molar-refractivity contribution >= 4 is 11.9 Å². The second-order valence-corrected chi connectivity index (χ2v) is 5.76. The number of benzene rings is 1. The molecule has 0 aliphatic carbocycles. The van der Waals surface area contributed by atoms with Crippen molar-refractivity contribution in [2.24, 2.45) is 5.92 Å². The number of esters is 1. The van der Waals surface area contributed by atoms with E-state index >= 15 is 0 Å². The minimum Gasteiger partial charge on any atom is -0.493 e. The summed E-state index contributed by atoms with van der Waals surface area (Å²) in [6, 6.07) is 8.46. The number of nitrogens with zero attached hydrogens (tertiary/aromatic N) is 1. The van der Waals surface area contributed by atoms with Crippen molar-refractivity contribution in [2.75, 3.05) is 27.9 Å². The normalized spacial score (nSPS) is 11.5. The maximum absolute atomic E-state index is 13.0. The quantitative estimate of drug-likeness (QED) is 0.673. The summed E-state index contributed by atoms with van der Waals surface area (Å²) in [5, 5.41) is 0. The second kappa shape index (κ2) is 8.94. The smallest absolute Gasteiger partial charge is 0.310 e. The molecule has 0 spiro atoms. The fourth-order valence-corrected chi connectivity index (χ4v) is 2.57. The Balaban J connectivity index is 2.28. The summed E-state index contributed by atoms with van der Waals surface area (Å²) in [7, 11) is 4.36. The van der Waals surface area contributed by atoms with Crippen LogP contribution < -0.4 is 9.47 Å². The third kappa shape index (κ3) is 4.56. The van der Waals surface area contributed by atoms with Crippen molar-refractivity contribution in [1.82, 2.24) is 4.90 Å². The summed E-state index contributed by atoms with van der Waals surface area (Å²) in [6.07, 6.45) is 1.54. The van der Waals surface area contributed by atoms with Gasteiger partial charge in [0, 0.05) is 12.1 Å². The fourth-order valence-electron chi connectivity index (χ4n) is 2.57. The average molecular weight is 361 g/mol. The molecule has 1 heterocycles. The van der Waals surface area contributed by atoms with Gasteiger partial charge in [-0.15, -0.1) is 0 Å². The standard InChI is InChI=1S/C19H23NO6/c1-13(19(22)25-4)11-20(12-15-6-5-9-26-15)18(21)14-7-8-16(23-2)17(10-14)24-3/h5-10,13H,11-12H2,1-4H3. The predicted molar refractivity (Wildman–Crippen MR) is 94.2 cm³/mol. The van der Waals surface area contributed by atoms with Crippen molar-refractivity contribution < 1.29 is 28.2 Å². The highest BCUT2D eigenvalue weighted by Crippen LogP contribution is 2.28. The van der Waals surface area contributed by atoms with Gasteiger partial charge in [0.2, 0.25) is 0 Å². The highest BCUT2D eigenvalue weighted by Gasteiger charge is 2.24. The van der Waals surface area contributed by atoms with E-state index in [0.29, 0.717) is 22.8 Å². The Morgan fingerprint density at radius 3 is 2.42 bits per heavy atom. The molecule has 1 atom stereocenters. The monoisotopic (exact) mass is 361 g/mol. The van der Waals surface area contributed by atoms with Crippen LogP contribution in [-0.2, 0) is 16.1 Å². The molecule has 0 bridgehead atoms. The molecular formula is C19H23NO6. The van der Waals surface area contributed by atoms with E-state index in [2.05, 4.69) is 0 Å². The molecule has 0 fully saturated rings. The van der Waals surface area contributed by atoms with Gasteiger partial charge in [-0.1, -0.05) is 6.92 Å². The summed E-state index contributed by atoms with van der Waals surface area (Å²) in [5.41, 5.74) is 0.422. The lowest BCUT2D eigenvalue weighted by Crippen LogP contribution is -2.36. The molecule has 1 amide bonds. The van der Waals surface area contributed by atoms with Crippen LogP contribution in [0.4, 0.5) is 0 Å². The zero-order valence-electron chi connectivity index (χ0n) is 15.4. The van der Waals surface area contributed by atoms with Crippen LogP contribution in [0.3, 0.4) is 0 Å². The Bertz CT molecular complexity index is 740. The number of carbonyl (C=O) groups is 2. The molecule has 2 rings (SSSR count). The molecule has 0 aliphatic heterocycles. The summed E-state index contributed by atoms with van der Waals surface area (Å²) in [6.45, 7) is 2.14. The maximum Gasteiger partial charge on any atom is 0.310 e. The highest BCUT2D eigenvalue weighted by molar-refractivity contribution is 5.95. The maximum atomic E-state index is 13.0. The Morgan fingerprint density at radius 1 is 1.12 bits per heavy atom. The fraction of sp³-hybridized carbons (Fsp3) is 0.368. The van der Waals surface area contributed by atoms with Gasteiger partial charge in [-0.2, -0.15) is 0 Å². The Morgan fingerprint density at radius 2 is 1.85 bits per heavy atom. The van der Waals surface area contributed by atoms with Crippen molar-refractivity contribution in [3.8, 4) is 11.5 Å². The lowest BCUT2D eigenvalue weighted by molar-refractivity contribution is -0.145. The van der Waals surface area contributed by atoms with E-state index in [0.717, 1.165) is 0 Å². The van der Waals surface area contributed by atoms with E-state index < -0.39 is 5.92 Å². The van der Waals surface area contributed by atoms with Crippen LogP contribution in [0, 0.1) is 5.92 Å². The van der Waals surface area contributed by atoms with Crippen molar-refractivity contribution in [3.63, 3.8) is 0 Å². The lowest BCUT2D eigenvalue weighted by Gasteiger charge is -2.24. The van der Waals surface area contributed by atoms with Crippen molar-refractivity contribution in [2.45, 2.75) is 13.5 Å². The summed E-state index contributed by atoms with van der Waals surface area (Å²) in [5.74, 6) is 0.504. The minimum absolute atomic E-state index is 0.195. The van der Waals surface area contributed by atoms with Crippen LogP contribution in [-0.4, -0.2) is 44.7 Å². The van der Waals surface area contributed by atoms with Gasteiger partial charge in [0.05, 0.1) is 40.1 Å². The molecule has 1 aromatic carbocycles. The van der Waals surface area contributed by atoms with E-state index in [1.165, 1.54) is 27.6 Å². The number of methoxy groups -OCH3 is 3. The zero-order chi connectivity index (χ0) is 19.1. The molecule has 0 aliphatic rings. The first-order chi connectivity index (χ1) is 12.5. The molecule has 1 aromatic heterocycles. The number of rotatable bonds is 8. The molecule has 7 heteroatoms. The Hall–Kier alpha value is -2.96. The number of hydrogen-bond acceptors (Lipinski definition) is 6. The first kappa shape index (κ1) is 19.4. The van der Waals surface area contributed by atoms with Crippen molar-refractivity contribution in [3.05, 3.63) is 47.9 Å². The van der Waals surface area contributed by atoms with E-state index in [-0.39, 0.29) is 25.0 Å². The summed E-state index contributed by atoms with van der Waals surface area (Å²) >= 11 is 0. The number of hydrogen-bond donors (Lipinski definition) is 0. The highest BCUT2D eigenvalue weighted by atomic mass is 16.5. The minimum atomic E-state index is -0.473. The molecule has 0 saturated carbocycles. The number of carbonyl (C=O) groups excluding carboxylic acids is 2. The zero-order valence-corrected chi connectivity index (χ0v) is 15.4. The molecule has 0 radical (unpaired) electrons. The number of amides is 1. The predicted octanol–water partition coefficient (Wildman–Crippen LogP) is 2.75. The van der Waals surface area contributed by atoms with Gasteiger partial charge < -0.3 is 23.5 Å². The molecule has 140 valence electrons. The molecule has 0 saturated heterocycles. The van der Waals surface area contributed by atoms with Crippen LogP contribution in [0.25, 0.3) is 0 Å². The van der Waals surface area contributed by atoms with E-state index in [1.807, 2.05) is 0 Å². The molecule has 0 N–H and O–H groups in total. The molecule has 26 heavy (non-hydrogen) atoms. The molecule has 2 aromatic rings. The van der Waals surface area contributed by atoms with Crippen LogP contribution in [0.5, 0.6) is 11.5 Å². The van der Waals surface area contributed by atoms with Crippen LogP contribution in [0.2, 0.25) is 0 Å². The van der Waals surface area contributed by atoms with Gasteiger partial charge in [0.25, 0.3) is 5.91 Å². The molecule has 7 nitrogen and oxygen atoms in total. The van der Waals surface area contributed by atoms with E-state index in [1.54, 1.807) is 42.2 Å². The summed E-state index contributed by atoms with van der Waals surface area (Å²) < 4.78 is 20.6. The van der Waals surface area contributed by atoms with Gasteiger partial charge in [0.1, 0.15) is 5.76 Å². The summed E-state index contributed by atoms with van der Waals surface area (Å²) in [4.78, 5) is 26.3. The average Bonchev–Trinajstić information content (AvgIpc) is 3.18. The molecule has 1 unspecified atom stereocenters. The second-order valence-electron chi connectivity index (χ2n) is 5.76. The first-order valence-electron chi connectivity index (χ1n) is 8.11. The van der Waals surface area contributed by atoms with Crippen LogP contribution in [0.15, 0.2) is 41.0 Å². The van der Waals surface area contributed by atoms with Crippen LogP contribution >= 0.6 is 0 Å². The largest absolute Gasteiger partial charge is 0.493 e. The van der Waals surface area contributed by atoms with Crippen molar-refractivity contribution in [1.29, 1.82) is 0 Å². The third-order valence-corrected chi connectivity index (χ3v) is 3.94. The van der Waals surface area contributed by atoms with Gasteiger partial charge in [-0.3, -0.25) is 9.59 Å². The van der Waals surface area contributed by atoms with Gasteiger partial charge in [-0.05, 0) is 30.3 Å². The Labute approximate surface area is 152 Å². The van der Waals surface area contributed by atoms with E-state index in [9.17, 15) is 9.59 Å². The van der Waals surface area contributed by atoms with Crippen LogP contribution in [0.1, 0.15) is 23.0 Å². The van der Waals surface area contributed by atoms with E-state index in [4.69, 9.17) is 18.6 Å². The van der Waals surface area contributed by atoms with Gasteiger partial charge >= 0.3 is 5.97 Å². The first-order valence-corrected chi connectivity index (χ1v) is 8.11. The topological polar surface area (TPSA) is 78.2 Å². The van der Waals surface area contributed by atoms with Gasteiger partial charge in [0.15, 0.2) is 11.5 Å². The SMILES string of the molecule is COC(=O)C(C)CN(Cc1ccco1)C(=O)c1ccc(OC)c(OC)c1. The molecular weight excluding hydrogens is 338 g/mol. The Kier molecular flexibility index (Phi) is 6.66. The number of furan rings is 1.